The highest BCUT2D eigenvalue weighted by Crippen LogP contribution is 2.32. The minimum absolute atomic E-state index is 0.0403. The molecule has 0 aliphatic carbocycles. The fraction of sp³-hybridized carbons (Fsp3) is 0.273. The maximum absolute atomic E-state index is 13.4. The predicted octanol–water partition coefficient (Wildman–Crippen LogP) is 4.46. The topological polar surface area (TPSA) is 68.5 Å². The van der Waals surface area contributed by atoms with Crippen LogP contribution in [0.2, 0.25) is 0 Å². The Balaban J connectivity index is 1.78. The second kappa shape index (κ2) is 8.61. The molecule has 0 aliphatic rings. The molecule has 30 heavy (non-hydrogen) atoms. The minimum atomic E-state index is -4.64. The van der Waals surface area contributed by atoms with Crippen LogP contribution in [0.5, 0.6) is 5.75 Å². The van der Waals surface area contributed by atoms with Gasteiger partial charge in [0.25, 0.3) is 0 Å². The quantitative estimate of drug-likeness (QED) is 0.599. The maximum atomic E-state index is 13.4. The van der Waals surface area contributed by atoms with E-state index < -0.39 is 23.8 Å². The van der Waals surface area contributed by atoms with E-state index in [1.165, 1.54) is 31.4 Å². The Morgan fingerprint density at radius 1 is 1.17 bits per heavy atom. The molecule has 1 N–H and O–H groups in total. The molecular weight excluding hydrogens is 399 g/mol. The molecule has 2 aromatic carbocycles. The fourth-order valence-electron chi connectivity index (χ4n) is 3.26. The number of benzene rings is 2. The number of hydrogen-bond donors (Lipinski definition) is 1. The first-order valence-corrected chi connectivity index (χ1v) is 9.22. The number of aryl methyl sites for hydroxylation is 1. The molecular formula is C22H20F3NO4. The lowest BCUT2D eigenvalue weighted by Crippen LogP contribution is -2.38. The molecule has 0 spiro atoms. The summed E-state index contributed by atoms with van der Waals surface area (Å²) in [6, 6.07) is 10.0. The highest BCUT2D eigenvalue weighted by molar-refractivity contribution is 5.83. The summed E-state index contributed by atoms with van der Waals surface area (Å²) in [5.41, 5.74) is 0.523. The smallest absolute Gasteiger partial charge is 0.412 e. The number of methoxy groups -OCH3 is 1. The van der Waals surface area contributed by atoms with E-state index in [1.54, 1.807) is 31.2 Å². The summed E-state index contributed by atoms with van der Waals surface area (Å²) in [5, 5.41) is 2.69. The van der Waals surface area contributed by atoms with Crippen LogP contribution in [-0.2, 0) is 11.2 Å². The summed E-state index contributed by atoms with van der Waals surface area (Å²) in [7, 11) is 1.49. The lowest BCUT2D eigenvalue weighted by molar-refractivity contribution is -0.163. The normalized spacial score (nSPS) is 12.6. The summed E-state index contributed by atoms with van der Waals surface area (Å²) in [6.07, 6.45) is -4.97. The van der Waals surface area contributed by atoms with Crippen LogP contribution in [0.25, 0.3) is 11.0 Å². The van der Waals surface area contributed by atoms with Gasteiger partial charge in [-0.1, -0.05) is 30.3 Å². The monoisotopic (exact) mass is 419 g/mol. The zero-order valence-corrected chi connectivity index (χ0v) is 16.4. The molecule has 158 valence electrons. The molecule has 3 rings (SSSR count). The van der Waals surface area contributed by atoms with Gasteiger partial charge in [0, 0.05) is 23.4 Å². The van der Waals surface area contributed by atoms with Crippen LogP contribution >= 0.6 is 0 Å². The third kappa shape index (κ3) is 4.64. The van der Waals surface area contributed by atoms with Gasteiger partial charge < -0.3 is 14.5 Å². The van der Waals surface area contributed by atoms with Crippen LogP contribution in [0, 0.1) is 6.92 Å². The van der Waals surface area contributed by atoms with Crippen molar-refractivity contribution >= 4 is 16.9 Å². The van der Waals surface area contributed by atoms with Gasteiger partial charge in [-0.3, -0.25) is 4.79 Å². The van der Waals surface area contributed by atoms with Crippen molar-refractivity contribution in [2.75, 3.05) is 7.11 Å². The largest absolute Gasteiger partial charge is 0.497 e. The summed E-state index contributed by atoms with van der Waals surface area (Å²) in [5.74, 6) is -0.286. The Labute approximate surface area is 170 Å². The summed E-state index contributed by atoms with van der Waals surface area (Å²) < 4.78 is 50.6. The Morgan fingerprint density at radius 3 is 2.50 bits per heavy atom. The molecule has 1 amide bonds. The predicted molar refractivity (Wildman–Crippen MR) is 105 cm³/mol. The number of carbonyl (C=O) groups is 1. The van der Waals surface area contributed by atoms with Gasteiger partial charge in [-0.05, 0) is 36.6 Å². The zero-order valence-electron chi connectivity index (χ0n) is 16.4. The summed E-state index contributed by atoms with van der Waals surface area (Å²) >= 11 is 0. The van der Waals surface area contributed by atoms with E-state index in [0.29, 0.717) is 22.3 Å². The molecule has 0 saturated heterocycles. The Hall–Kier alpha value is -3.29. The number of ether oxygens (including phenoxy) is 1. The second-order valence-electron chi connectivity index (χ2n) is 6.81. The number of nitrogens with one attached hydrogen (secondary N) is 1. The van der Waals surface area contributed by atoms with Crippen molar-refractivity contribution in [3.05, 3.63) is 75.6 Å². The van der Waals surface area contributed by atoms with E-state index in [9.17, 15) is 22.8 Å². The van der Waals surface area contributed by atoms with Crippen LogP contribution in [-0.4, -0.2) is 19.2 Å². The highest BCUT2D eigenvalue weighted by atomic mass is 19.4. The van der Waals surface area contributed by atoms with Gasteiger partial charge in [0.1, 0.15) is 11.3 Å². The van der Waals surface area contributed by atoms with Crippen molar-refractivity contribution in [1.82, 2.24) is 5.32 Å². The average molecular weight is 419 g/mol. The van der Waals surface area contributed by atoms with Crippen LogP contribution in [0.15, 0.2) is 57.7 Å². The van der Waals surface area contributed by atoms with Crippen molar-refractivity contribution in [1.29, 1.82) is 0 Å². The average Bonchev–Trinajstić information content (AvgIpc) is 2.71. The van der Waals surface area contributed by atoms with Gasteiger partial charge in [-0.25, -0.2) is 4.79 Å². The van der Waals surface area contributed by atoms with Crippen LogP contribution in [0.4, 0.5) is 13.2 Å². The molecule has 3 aromatic rings. The van der Waals surface area contributed by atoms with E-state index in [4.69, 9.17) is 9.15 Å². The summed E-state index contributed by atoms with van der Waals surface area (Å²) in [4.78, 5) is 24.6. The SMILES string of the molecule is COc1ccc2c(C)c(CCC(=O)NC(c3ccccc3)C(F)(F)F)c(=O)oc2c1. The Bertz CT molecular complexity index is 1110. The lowest BCUT2D eigenvalue weighted by Gasteiger charge is -2.22. The number of amides is 1. The fourth-order valence-corrected chi connectivity index (χ4v) is 3.26. The van der Waals surface area contributed by atoms with Crippen molar-refractivity contribution in [3.8, 4) is 5.75 Å². The van der Waals surface area contributed by atoms with E-state index in [0.717, 1.165) is 0 Å². The minimum Gasteiger partial charge on any atom is -0.497 e. The third-order valence-electron chi connectivity index (χ3n) is 4.86. The third-order valence-corrected chi connectivity index (χ3v) is 4.86. The molecule has 1 heterocycles. The first-order chi connectivity index (χ1) is 14.2. The van der Waals surface area contributed by atoms with E-state index in [1.807, 2.05) is 5.32 Å². The lowest BCUT2D eigenvalue weighted by atomic mass is 10.0. The molecule has 1 unspecified atom stereocenters. The van der Waals surface area contributed by atoms with E-state index in [2.05, 4.69) is 0 Å². The molecule has 0 fully saturated rings. The number of halogens is 3. The van der Waals surface area contributed by atoms with Crippen molar-refractivity contribution in [2.24, 2.45) is 0 Å². The van der Waals surface area contributed by atoms with Gasteiger partial charge in [-0.15, -0.1) is 0 Å². The van der Waals surface area contributed by atoms with Crippen LogP contribution in [0.1, 0.15) is 29.2 Å². The van der Waals surface area contributed by atoms with Crippen molar-refractivity contribution < 1.29 is 27.1 Å². The highest BCUT2D eigenvalue weighted by Gasteiger charge is 2.41. The first kappa shape index (κ1) is 21.4. The standard InChI is InChI=1S/C22H20F3NO4/c1-13-16-9-8-15(29-2)12-18(16)30-21(28)17(13)10-11-19(27)26-20(22(23,24)25)14-6-4-3-5-7-14/h3-9,12,20H,10-11H2,1-2H3,(H,26,27). The number of rotatable bonds is 6. The Morgan fingerprint density at radius 2 is 1.87 bits per heavy atom. The van der Waals surface area contributed by atoms with Crippen LogP contribution < -0.4 is 15.7 Å². The first-order valence-electron chi connectivity index (χ1n) is 9.22. The molecule has 0 bridgehead atoms. The summed E-state index contributed by atoms with van der Waals surface area (Å²) in [6.45, 7) is 1.71. The molecule has 1 atom stereocenters. The van der Waals surface area contributed by atoms with Crippen molar-refractivity contribution in [3.63, 3.8) is 0 Å². The van der Waals surface area contributed by atoms with Crippen molar-refractivity contribution in [2.45, 2.75) is 32.0 Å². The van der Waals surface area contributed by atoms with Gasteiger partial charge in [0.15, 0.2) is 6.04 Å². The molecule has 8 heteroatoms. The van der Waals surface area contributed by atoms with E-state index >= 15 is 0 Å². The Kier molecular flexibility index (Phi) is 6.14. The van der Waals surface area contributed by atoms with Gasteiger partial charge in [0.2, 0.25) is 5.91 Å². The molecule has 1 aromatic heterocycles. The van der Waals surface area contributed by atoms with Gasteiger partial charge in [0.05, 0.1) is 7.11 Å². The number of hydrogen-bond acceptors (Lipinski definition) is 4. The van der Waals surface area contributed by atoms with Gasteiger partial charge >= 0.3 is 11.8 Å². The molecule has 0 radical (unpaired) electrons. The molecule has 5 nitrogen and oxygen atoms in total. The number of carbonyl (C=O) groups excluding carboxylic acids is 1. The second-order valence-corrected chi connectivity index (χ2v) is 6.81. The zero-order chi connectivity index (χ0) is 21.9. The molecule has 0 aliphatic heterocycles. The van der Waals surface area contributed by atoms with Gasteiger partial charge in [-0.2, -0.15) is 13.2 Å². The number of alkyl halides is 3. The number of fused-ring (bicyclic) bond motifs is 1. The molecule has 0 saturated carbocycles. The van der Waals surface area contributed by atoms with Crippen LogP contribution in [0.3, 0.4) is 0 Å². The maximum Gasteiger partial charge on any atom is 0.412 e. The van der Waals surface area contributed by atoms with E-state index in [-0.39, 0.29) is 24.0 Å².